The summed E-state index contributed by atoms with van der Waals surface area (Å²) in [6, 6.07) is 24.2. The number of H-pyrrole nitrogens is 1. The Morgan fingerprint density at radius 2 is 1.75 bits per heavy atom. The zero-order valence-corrected chi connectivity index (χ0v) is 35.8. The van der Waals surface area contributed by atoms with Gasteiger partial charge in [-0.05, 0) is 90.4 Å². The van der Waals surface area contributed by atoms with Crippen molar-refractivity contribution in [1.29, 1.82) is 5.26 Å². The fourth-order valence-corrected chi connectivity index (χ4v) is 9.36. The number of alkyl halides is 1. The summed E-state index contributed by atoms with van der Waals surface area (Å²) in [6.45, 7) is 8.88. The molecule has 4 aromatic carbocycles. The minimum atomic E-state index is -4.49. The molecule has 5 aromatic rings. The average Bonchev–Trinajstić information content (AvgIpc) is 3.74. The summed E-state index contributed by atoms with van der Waals surface area (Å²) in [7, 11) is -4.49. The summed E-state index contributed by atoms with van der Waals surface area (Å²) in [4.78, 5) is 18.3. The third-order valence-electron chi connectivity index (χ3n) is 11.9. The summed E-state index contributed by atoms with van der Waals surface area (Å²) >= 11 is 6.24. The second kappa shape index (κ2) is 17.5. The topological polar surface area (TPSA) is 150 Å². The SMILES string of the molecule is CC1(C)CCC(CN2CCN(c3ccc(C(=O)NS(=O)(=O)c4ccc(OCC5(F)CCOCC5)c(C#N)c4)c(Oc4cccc5[nH]ncc45)c3)CC2)=C(c2ccc(Cl)cc2)C1. The van der Waals surface area contributed by atoms with Crippen molar-refractivity contribution < 1.29 is 31.8 Å². The van der Waals surface area contributed by atoms with E-state index in [-0.39, 0.29) is 65.6 Å². The number of hydrogen-bond acceptors (Lipinski definition) is 10. The van der Waals surface area contributed by atoms with Gasteiger partial charge in [0.05, 0.1) is 33.1 Å². The van der Waals surface area contributed by atoms with Crippen LogP contribution < -0.4 is 19.1 Å². The molecule has 2 saturated heterocycles. The van der Waals surface area contributed by atoms with Gasteiger partial charge in [0, 0.05) is 75.6 Å². The third kappa shape index (κ3) is 9.71. The fourth-order valence-electron chi connectivity index (χ4n) is 8.24. The van der Waals surface area contributed by atoms with E-state index in [0.717, 1.165) is 74.3 Å². The van der Waals surface area contributed by atoms with Gasteiger partial charge >= 0.3 is 0 Å². The van der Waals surface area contributed by atoms with Gasteiger partial charge in [-0.2, -0.15) is 10.4 Å². The molecule has 12 nitrogen and oxygen atoms in total. The van der Waals surface area contributed by atoms with Gasteiger partial charge in [0.15, 0.2) is 0 Å². The van der Waals surface area contributed by atoms with E-state index in [4.69, 9.17) is 25.8 Å². The predicted molar refractivity (Wildman–Crippen MR) is 232 cm³/mol. The van der Waals surface area contributed by atoms with Crippen LogP contribution in [-0.4, -0.2) is 87.6 Å². The molecule has 3 heterocycles. The molecule has 15 heteroatoms. The lowest BCUT2D eigenvalue weighted by Gasteiger charge is -2.39. The molecule has 0 atom stereocenters. The van der Waals surface area contributed by atoms with Crippen LogP contribution in [0.25, 0.3) is 16.5 Å². The normalized spacial score (nSPS) is 18.1. The number of nitrogens with zero attached hydrogens (tertiary/aromatic N) is 4. The van der Waals surface area contributed by atoms with E-state index < -0.39 is 21.6 Å². The van der Waals surface area contributed by atoms with E-state index >= 15 is 4.39 Å². The van der Waals surface area contributed by atoms with Gasteiger partial charge in [-0.3, -0.25) is 14.8 Å². The Morgan fingerprint density at radius 1 is 0.984 bits per heavy atom. The van der Waals surface area contributed by atoms with Crippen LogP contribution in [0.1, 0.15) is 67.4 Å². The molecular formula is C46H48ClFN6O6S. The van der Waals surface area contributed by atoms with Crippen molar-refractivity contribution in [3.63, 3.8) is 0 Å². The molecule has 1 aromatic heterocycles. The Bertz CT molecular complexity index is 2610. The largest absolute Gasteiger partial charge is 0.489 e. The summed E-state index contributed by atoms with van der Waals surface area (Å²) in [5.74, 6) is -0.312. The molecule has 318 valence electrons. The molecule has 0 saturated carbocycles. The third-order valence-corrected chi connectivity index (χ3v) is 13.5. The Balaban J connectivity index is 1.00. The first-order valence-electron chi connectivity index (χ1n) is 20.5. The van der Waals surface area contributed by atoms with E-state index in [0.29, 0.717) is 11.1 Å². The highest BCUT2D eigenvalue weighted by Gasteiger charge is 2.34. The first-order chi connectivity index (χ1) is 29.3. The first kappa shape index (κ1) is 42.2. The Morgan fingerprint density at radius 3 is 2.51 bits per heavy atom. The van der Waals surface area contributed by atoms with Crippen molar-refractivity contribution in [2.75, 3.05) is 57.4 Å². The van der Waals surface area contributed by atoms with Crippen molar-refractivity contribution in [2.45, 2.75) is 56.5 Å². The van der Waals surface area contributed by atoms with Crippen molar-refractivity contribution in [3.8, 4) is 23.3 Å². The molecule has 0 bridgehead atoms. The zero-order chi connectivity index (χ0) is 42.8. The number of rotatable bonds is 12. The van der Waals surface area contributed by atoms with Gasteiger partial charge in [-0.15, -0.1) is 0 Å². The van der Waals surface area contributed by atoms with Gasteiger partial charge in [0.2, 0.25) is 0 Å². The molecule has 0 radical (unpaired) electrons. The number of hydrogen-bond donors (Lipinski definition) is 2. The molecule has 2 fully saturated rings. The molecular weight excluding hydrogens is 819 g/mol. The monoisotopic (exact) mass is 866 g/mol. The molecule has 3 aliphatic rings. The quantitative estimate of drug-likeness (QED) is 0.125. The highest BCUT2D eigenvalue weighted by molar-refractivity contribution is 7.90. The van der Waals surface area contributed by atoms with E-state index in [9.17, 15) is 18.5 Å². The second-order valence-corrected chi connectivity index (χ2v) is 18.9. The number of anilines is 1. The molecule has 0 unspecified atom stereocenters. The van der Waals surface area contributed by atoms with Gasteiger partial charge in [0.25, 0.3) is 15.9 Å². The number of benzene rings is 4. The molecule has 2 N–H and O–H groups in total. The number of aromatic amines is 1. The summed E-state index contributed by atoms with van der Waals surface area (Å²) in [5, 5.41) is 18.3. The first-order valence-corrected chi connectivity index (χ1v) is 22.3. The minimum absolute atomic E-state index is 0.0153. The fraction of sp³-hybridized carbons (Fsp3) is 0.370. The van der Waals surface area contributed by atoms with Crippen LogP contribution in [0.5, 0.6) is 17.2 Å². The average molecular weight is 867 g/mol. The number of halogens is 2. The number of ether oxygens (including phenoxy) is 3. The van der Waals surface area contributed by atoms with Crippen LogP contribution in [0.4, 0.5) is 10.1 Å². The number of nitrogens with one attached hydrogen (secondary N) is 2. The number of fused-ring (bicyclic) bond motifs is 1. The van der Waals surface area contributed by atoms with Crippen LogP contribution >= 0.6 is 11.6 Å². The number of allylic oxidation sites excluding steroid dienone is 1. The number of piperazine rings is 1. The van der Waals surface area contributed by atoms with Crippen LogP contribution in [-0.2, 0) is 14.8 Å². The molecule has 8 rings (SSSR count). The van der Waals surface area contributed by atoms with Gasteiger partial charge in [-0.25, -0.2) is 17.5 Å². The summed E-state index contributed by atoms with van der Waals surface area (Å²) in [6.07, 6.45) is 5.12. The van der Waals surface area contributed by atoms with Crippen molar-refractivity contribution >= 4 is 49.7 Å². The van der Waals surface area contributed by atoms with Crippen LogP contribution in [0.3, 0.4) is 0 Å². The van der Waals surface area contributed by atoms with Crippen molar-refractivity contribution in [3.05, 3.63) is 112 Å². The Labute approximate surface area is 360 Å². The maximum atomic E-state index is 15.2. The number of carbonyl (C=O) groups is 1. The highest BCUT2D eigenvalue weighted by Crippen LogP contribution is 2.43. The molecule has 1 aliphatic carbocycles. The van der Waals surface area contributed by atoms with Gasteiger partial charge < -0.3 is 19.1 Å². The Hall–Kier alpha value is -5.46. The van der Waals surface area contributed by atoms with Gasteiger partial charge in [0.1, 0.15) is 35.6 Å². The lowest BCUT2D eigenvalue weighted by molar-refractivity contribution is -0.0324. The number of sulfonamides is 1. The lowest BCUT2D eigenvalue weighted by atomic mass is 9.72. The lowest BCUT2D eigenvalue weighted by Crippen LogP contribution is -2.47. The van der Waals surface area contributed by atoms with E-state index in [1.807, 2.05) is 24.3 Å². The van der Waals surface area contributed by atoms with Crippen molar-refractivity contribution in [2.24, 2.45) is 5.41 Å². The predicted octanol–water partition coefficient (Wildman–Crippen LogP) is 8.68. The second-order valence-electron chi connectivity index (χ2n) is 16.8. The zero-order valence-electron chi connectivity index (χ0n) is 34.2. The summed E-state index contributed by atoms with van der Waals surface area (Å²) < 4.78 is 62.0. The Kier molecular flexibility index (Phi) is 12.1. The number of amides is 1. The van der Waals surface area contributed by atoms with Crippen LogP contribution in [0.2, 0.25) is 5.02 Å². The minimum Gasteiger partial charge on any atom is -0.489 e. The smallest absolute Gasteiger partial charge is 0.268 e. The van der Waals surface area contributed by atoms with Crippen LogP contribution in [0.15, 0.2) is 95.5 Å². The number of carbonyl (C=O) groups excluding carboxylic acids is 1. The highest BCUT2D eigenvalue weighted by atomic mass is 35.5. The van der Waals surface area contributed by atoms with E-state index in [1.54, 1.807) is 36.5 Å². The molecule has 2 aliphatic heterocycles. The standard InChI is InChI=1S/C46H48ClFN6O6S/c1-45(2)15-14-32(38(26-45)31-6-8-34(47)9-7-31)29-53-18-20-54(21-19-53)35-10-12-37(43(25-35)60-42-5-3-4-40-39(42)28-50-51-40)44(55)52-61(56,57)36-11-13-41(33(24-36)27-49)59-30-46(48)16-22-58-23-17-46/h3-13,24-25,28H,14-23,26,29-30H2,1-2H3,(H,50,51)(H,52,55). The maximum Gasteiger partial charge on any atom is 0.268 e. The van der Waals surface area contributed by atoms with E-state index in [2.05, 4.69) is 50.7 Å². The van der Waals surface area contributed by atoms with Crippen molar-refractivity contribution in [1.82, 2.24) is 19.8 Å². The molecule has 0 spiro atoms. The maximum absolute atomic E-state index is 15.2. The van der Waals surface area contributed by atoms with Crippen LogP contribution in [0, 0.1) is 16.7 Å². The molecule has 1 amide bonds. The van der Waals surface area contributed by atoms with E-state index in [1.165, 1.54) is 28.8 Å². The number of aromatic nitrogens is 2. The number of nitriles is 1. The molecule has 61 heavy (non-hydrogen) atoms. The van der Waals surface area contributed by atoms with Gasteiger partial charge in [-0.1, -0.05) is 49.2 Å². The summed E-state index contributed by atoms with van der Waals surface area (Å²) in [5.41, 5.74) is 4.13.